The molecule has 0 amide bonds. The molecule has 0 saturated heterocycles. The number of hydrogen-bond acceptors (Lipinski definition) is 8. The van der Waals surface area contributed by atoms with Crippen molar-refractivity contribution in [2.24, 2.45) is 0 Å². The molecule has 10 heteroatoms. The van der Waals surface area contributed by atoms with Gasteiger partial charge in [0.1, 0.15) is 11.0 Å². The number of hydrogen-bond donors (Lipinski definition) is 3. The number of aliphatic hydroxyl groups is 1. The van der Waals surface area contributed by atoms with Crippen LogP contribution in [0.1, 0.15) is 30.7 Å². The Balaban J connectivity index is 1.50. The highest BCUT2D eigenvalue weighted by Crippen LogP contribution is 2.25. The molecule has 0 saturated carbocycles. The van der Waals surface area contributed by atoms with E-state index in [1.807, 2.05) is 13.1 Å². The number of fused-ring (bicyclic) bond motifs is 2. The Morgan fingerprint density at radius 1 is 1.18 bits per heavy atom. The Hall–Kier alpha value is -3.86. The SMILES string of the molecule is C=CCn1c(=O)c2cnc(Nc3ccc4c(c3)CCN(CCNC)C4)nc2n1-c1cccc(C(C)(C)O)n1. The molecule has 0 spiro atoms. The van der Waals surface area contributed by atoms with Crippen LogP contribution in [0.3, 0.4) is 0 Å². The largest absolute Gasteiger partial charge is 0.384 e. The van der Waals surface area contributed by atoms with Gasteiger partial charge in [0.25, 0.3) is 5.56 Å². The monoisotopic (exact) mass is 514 g/mol. The number of benzene rings is 1. The quantitative estimate of drug-likeness (QED) is 0.292. The van der Waals surface area contributed by atoms with Crippen LogP contribution in [0.25, 0.3) is 16.9 Å². The van der Waals surface area contributed by atoms with E-state index in [2.05, 4.69) is 44.2 Å². The van der Waals surface area contributed by atoms with Crippen LogP contribution >= 0.6 is 0 Å². The second kappa shape index (κ2) is 10.5. The molecule has 3 N–H and O–H groups in total. The molecular weight excluding hydrogens is 480 g/mol. The number of allylic oxidation sites excluding steroid dienone is 1. The Morgan fingerprint density at radius 3 is 2.79 bits per heavy atom. The fraction of sp³-hybridized carbons (Fsp3) is 0.357. The van der Waals surface area contributed by atoms with Crippen LogP contribution in [0, 0.1) is 0 Å². The first-order valence-corrected chi connectivity index (χ1v) is 12.8. The van der Waals surface area contributed by atoms with Crippen molar-refractivity contribution in [3.8, 4) is 5.82 Å². The van der Waals surface area contributed by atoms with Crippen LogP contribution in [0.5, 0.6) is 0 Å². The molecule has 4 aromatic rings. The third-order valence-electron chi connectivity index (χ3n) is 6.79. The van der Waals surface area contributed by atoms with Crippen LogP contribution in [-0.4, -0.2) is 61.0 Å². The Labute approximate surface area is 221 Å². The van der Waals surface area contributed by atoms with Gasteiger partial charge in [-0.3, -0.25) is 9.69 Å². The number of pyridine rings is 1. The van der Waals surface area contributed by atoms with Crippen molar-refractivity contribution in [2.75, 3.05) is 32.0 Å². The van der Waals surface area contributed by atoms with E-state index in [1.165, 1.54) is 15.8 Å². The lowest BCUT2D eigenvalue weighted by molar-refractivity contribution is 0.0738. The number of aromatic nitrogens is 5. The zero-order chi connectivity index (χ0) is 26.9. The summed E-state index contributed by atoms with van der Waals surface area (Å²) >= 11 is 0. The average molecular weight is 515 g/mol. The molecule has 1 aliphatic heterocycles. The van der Waals surface area contributed by atoms with Gasteiger partial charge in [0, 0.05) is 38.1 Å². The molecule has 1 aromatic carbocycles. The van der Waals surface area contributed by atoms with Gasteiger partial charge in [-0.2, -0.15) is 4.98 Å². The summed E-state index contributed by atoms with van der Waals surface area (Å²) in [6.07, 6.45) is 4.18. The molecule has 0 aliphatic carbocycles. The highest BCUT2D eigenvalue weighted by Gasteiger charge is 2.22. The molecule has 0 atom stereocenters. The molecule has 4 heterocycles. The smallest absolute Gasteiger partial charge is 0.278 e. The molecule has 0 unspecified atom stereocenters. The van der Waals surface area contributed by atoms with Gasteiger partial charge >= 0.3 is 0 Å². The van der Waals surface area contributed by atoms with E-state index in [0.717, 1.165) is 38.3 Å². The zero-order valence-corrected chi connectivity index (χ0v) is 22.1. The maximum Gasteiger partial charge on any atom is 0.278 e. The summed E-state index contributed by atoms with van der Waals surface area (Å²) in [4.78, 5) is 29.5. The van der Waals surface area contributed by atoms with Gasteiger partial charge < -0.3 is 15.7 Å². The van der Waals surface area contributed by atoms with E-state index in [9.17, 15) is 9.90 Å². The topological polar surface area (TPSA) is 113 Å². The third-order valence-corrected chi connectivity index (χ3v) is 6.79. The van der Waals surface area contributed by atoms with Crippen LogP contribution in [0.4, 0.5) is 11.6 Å². The van der Waals surface area contributed by atoms with Gasteiger partial charge in [0.05, 0.1) is 12.2 Å². The Bertz CT molecular complexity index is 1530. The predicted octanol–water partition coefficient (Wildman–Crippen LogP) is 2.71. The molecule has 0 fully saturated rings. The predicted molar refractivity (Wildman–Crippen MR) is 149 cm³/mol. The van der Waals surface area contributed by atoms with Crippen molar-refractivity contribution < 1.29 is 5.11 Å². The normalized spacial score (nSPS) is 14.0. The fourth-order valence-corrected chi connectivity index (χ4v) is 4.77. The summed E-state index contributed by atoms with van der Waals surface area (Å²) in [5.74, 6) is 0.854. The second-order valence-corrected chi connectivity index (χ2v) is 10.1. The van der Waals surface area contributed by atoms with Gasteiger partial charge in [-0.15, -0.1) is 6.58 Å². The summed E-state index contributed by atoms with van der Waals surface area (Å²) in [6.45, 7) is 11.4. The van der Waals surface area contributed by atoms with Crippen molar-refractivity contribution in [1.82, 2.24) is 34.5 Å². The van der Waals surface area contributed by atoms with Gasteiger partial charge in [0.2, 0.25) is 5.95 Å². The number of nitrogens with one attached hydrogen (secondary N) is 2. The maximum absolute atomic E-state index is 13.2. The summed E-state index contributed by atoms with van der Waals surface area (Å²) in [5.41, 5.74) is 3.08. The van der Waals surface area contributed by atoms with E-state index < -0.39 is 5.60 Å². The molecule has 5 rings (SSSR count). The summed E-state index contributed by atoms with van der Waals surface area (Å²) in [7, 11) is 1.98. The summed E-state index contributed by atoms with van der Waals surface area (Å²) in [5, 5.41) is 17.4. The summed E-state index contributed by atoms with van der Waals surface area (Å²) in [6, 6.07) is 11.7. The van der Waals surface area contributed by atoms with E-state index in [1.54, 1.807) is 49.0 Å². The summed E-state index contributed by atoms with van der Waals surface area (Å²) < 4.78 is 3.18. The minimum absolute atomic E-state index is 0.237. The molecule has 10 nitrogen and oxygen atoms in total. The molecule has 1 aliphatic rings. The minimum atomic E-state index is -1.14. The van der Waals surface area contributed by atoms with Crippen LogP contribution < -0.4 is 16.2 Å². The van der Waals surface area contributed by atoms with Crippen molar-refractivity contribution in [3.05, 3.63) is 82.4 Å². The second-order valence-electron chi connectivity index (χ2n) is 10.1. The van der Waals surface area contributed by atoms with Crippen molar-refractivity contribution in [3.63, 3.8) is 0 Å². The molecule has 0 bridgehead atoms. The highest BCUT2D eigenvalue weighted by molar-refractivity contribution is 5.77. The lowest BCUT2D eigenvalue weighted by Gasteiger charge is -2.29. The van der Waals surface area contributed by atoms with E-state index >= 15 is 0 Å². The fourth-order valence-electron chi connectivity index (χ4n) is 4.77. The minimum Gasteiger partial charge on any atom is -0.384 e. The number of likely N-dealkylation sites (N-methyl/N-ethyl adjacent to an activating group) is 1. The van der Waals surface area contributed by atoms with Crippen LogP contribution in [0.15, 0.2) is 60.0 Å². The first kappa shape index (κ1) is 25.8. The lowest BCUT2D eigenvalue weighted by atomic mass is 9.99. The van der Waals surface area contributed by atoms with Crippen molar-refractivity contribution >= 4 is 22.7 Å². The molecule has 198 valence electrons. The van der Waals surface area contributed by atoms with Crippen molar-refractivity contribution in [2.45, 2.75) is 39.0 Å². The maximum atomic E-state index is 13.2. The first-order valence-electron chi connectivity index (χ1n) is 12.8. The van der Waals surface area contributed by atoms with E-state index in [-0.39, 0.29) is 12.1 Å². The number of nitrogens with zero attached hydrogens (tertiary/aromatic N) is 6. The highest BCUT2D eigenvalue weighted by atomic mass is 16.3. The first-order chi connectivity index (χ1) is 18.3. The Morgan fingerprint density at radius 2 is 2.03 bits per heavy atom. The third kappa shape index (κ3) is 5.10. The standard InChI is InChI=1S/C28H34N8O2/c1-5-13-35-26(37)22-17-30-27(33-25(22)36(35)24-8-6-7-23(32-24)28(2,3)38)31-21-10-9-20-18-34(15-12-29-4)14-11-19(20)16-21/h5-10,16-17,29,38H,1,11-15,18H2,2-4H3,(H,30,31,33). The van der Waals surface area contributed by atoms with Gasteiger partial charge in [-0.25, -0.2) is 19.3 Å². The van der Waals surface area contributed by atoms with Gasteiger partial charge in [-0.1, -0.05) is 18.2 Å². The van der Waals surface area contributed by atoms with Crippen LogP contribution in [0.2, 0.25) is 0 Å². The molecule has 3 aromatic heterocycles. The van der Waals surface area contributed by atoms with Gasteiger partial charge in [-0.05, 0) is 62.7 Å². The molecule has 38 heavy (non-hydrogen) atoms. The van der Waals surface area contributed by atoms with Crippen molar-refractivity contribution in [1.29, 1.82) is 0 Å². The average Bonchev–Trinajstić information content (AvgIpc) is 3.17. The molecule has 0 radical (unpaired) electrons. The number of rotatable bonds is 9. The van der Waals surface area contributed by atoms with Gasteiger partial charge in [0.15, 0.2) is 11.5 Å². The molecular formula is C28H34N8O2. The Kier molecular flexibility index (Phi) is 7.11. The lowest BCUT2D eigenvalue weighted by Crippen LogP contribution is -2.35. The van der Waals surface area contributed by atoms with E-state index in [0.29, 0.717) is 28.5 Å². The number of anilines is 2. The van der Waals surface area contributed by atoms with E-state index in [4.69, 9.17) is 4.98 Å². The van der Waals surface area contributed by atoms with Crippen LogP contribution in [-0.2, 0) is 25.1 Å². The zero-order valence-electron chi connectivity index (χ0n) is 22.1.